The van der Waals surface area contributed by atoms with Crippen LogP contribution in [0.1, 0.15) is 56.2 Å². The standard InChI is InChI=1S/C29H33NO4S.ClH/c1-21(31)33-25-14-15-26-27(20-25)35-29(22-8-4-2-5-9-22)28(26)34-24-12-10-23(11-13-24)32-19-18-30-16-6-3-7-17-30;/h2,4,10-15,20,22H,3,5-9,16-19H2,1H3;1H. The molecule has 0 bridgehead atoms. The largest absolute Gasteiger partial charge is 0.492 e. The third-order valence-electron chi connectivity index (χ3n) is 6.71. The third kappa shape index (κ3) is 6.61. The summed E-state index contributed by atoms with van der Waals surface area (Å²) in [5.41, 5.74) is 0. The molecule has 0 amide bonds. The number of rotatable bonds is 8. The molecule has 1 aliphatic heterocycles. The normalized spacial score (nSPS) is 18.0. The SMILES string of the molecule is CC(=O)Oc1ccc2c(Oc3ccc(OCCN4CCCCC4)cc3)c(C3CC=CCC3)sc2c1.Cl. The zero-order chi connectivity index (χ0) is 24.0. The van der Waals surface area contributed by atoms with Crippen LogP contribution in [0.3, 0.4) is 0 Å². The number of ether oxygens (including phenoxy) is 3. The number of benzene rings is 2. The molecule has 5 rings (SSSR count). The first kappa shape index (κ1) is 26.5. The smallest absolute Gasteiger partial charge is 0.308 e. The number of nitrogens with zero attached hydrogens (tertiary/aromatic N) is 1. The van der Waals surface area contributed by atoms with Crippen LogP contribution in [-0.4, -0.2) is 37.1 Å². The fourth-order valence-electron chi connectivity index (χ4n) is 4.90. The first-order valence-corrected chi connectivity index (χ1v) is 13.5. The van der Waals surface area contributed by atoms with Crippen LogP contribution in [-0.2, 0) is 4.79 Å². The molecule has 1 unspecified atom stereocenters. The van der Waals surface area contributed by atoms with Gasteiger partial charge in [-0.1, -0.05) is 18.6 Å². The summed E-state index contributed by atoms with van der Waals surface area (Å²) >= 11 is 1.74. The van der Waals surface area contributed by atoms with Crippen molar-refractivity contribution < 1.29 is 19.0 Å². The molecule has 1 atom stereocenters. The number of piperidine rings is 1. The zero-order valence-corrected chi connectivity index (χ0v) is 22.4. The Morgan fingerprint density at radius 1 is 1.00 bits per heavy atom. The van der Waals surface area contributed by atoms with Gasteiger partial charge in [0.1, 0.15) is 29.6 Å². The maximum atomic E-state index is 11.4. The number of esters is 1. The van der Waals surface area contributed by atoms with Gasteiger partial charge in [0, 0.05) is 29.5 Å². The molecule has 36 heavy (non-hydrogen) atoms. The lowest BCUT2D eigenvalue weighted by Gasteiger charge is -2.26. The first-order valence-electron chi connectivity index (χ1n) is 12.7. The minimum Gasteiger partial charge on any atom is -0.492 e. The average Bonchev–Trinajstić information content (AvgIpc) is 3.23. The van der Waals surface area contributed by atoms with Gasteiger partial charge in [0.2, 0.25) is 0 Å². The lowest BCUT2D eigenvalue weighted by molar-refractivity contribution is -0.131. The highest BCUT2D eigenvalue weighted by Gasteiger charge is 2.23. The van der Waals surface area contributed by atoms with Crippen LogP contribution in [0.2, 0.25) is 0 Å². The lowest BCUT2D eigenvalue weighted by Crippen LogP contribution is -2.33. The molecule has 1 aromatic heterocycles. The number of carbonyl (C=O) groups excluding carboxylic acids is 1. The van der Waals surface area contributed by atoms with Crippen molar-refractivity contribution in [3.05, 3.63) is 59.5 Å². The average molecular weight is 528 g/mol. The Bertz CT molecular complexity index is 1180. The molecule has 1 aliphatic carbocycles. The van der Waals surface area contributed by atoms with Gasteiger partial charge in [-0.05, 0) is 87.7 Å². The van der Waals surface area contributed by atoms with E-state index in [9.17, 15) is 4.79 Å². The number of halogens is 1. The maximum Gasteiger partial charge on any atom is 0.308 e. The molecule has 192 valence electrons. The van der Waals surface area contributed by atoms with Crippen LogP contribution in [0.15, 0.2) is 54.6 Å². The van der Waals surface area contributed by atoms with E-state index in [1.165, 1.54) is 44.2 Å². The van der Waals surface area contributed by atoms with Crippen LogP contribution in [0.25, 0.3) is 10.1 Å². The molecular weight excluding hydrogens is 494 g/mol. The van der Waals surface area contributed by atoms with Gasteiger partial charge in [-0.25, -0.2) is 0 Å². The molecule has 3 aromatic rings. The van der Waals surface area contributed by atoms with Crippen molar-refractivity contribution in [1.29, 1.82) is 0 Å². The van der Waals surface area contributed by atoms with E-state index in [2.05, 4.69) is 17.1 Å². The summed E-state index contributed by atoms with van der Waals surface area (Å²) in [6.45, 7) is 5.49. The van der Waals surface area contributed by atoms with Crippen molar-refractivity contribution in [3.63, 3.8) is 0 Å². The summed E-state index contributed by atoms with van der Waals surface area (Å²) in [5, 5.41) is 1.05. The highest BCUT2D eigenvalue weighted by atomic mass is 35.5. The molecule has 1 fully saturated rings. The Hall–Kier alpha value is -2.54. The summed E-state index contributed by atoms with van der Waals surface area (Å²) in [4.78, 5) is 15.2. The second-order valence-electron chi connectivity index (χ2n) is 9.35. The predicted molar refractivity (Wildman–Crippen MR) is 148 cm³/mol. The van der Waals surface area contributed by atoms with Crippen molar-refractivity contribution in [3.8, 4) is 23.0 Å². The number of hydrogen-bond donors (Lipinski definition) is 0. The predicted octanol–water partition coefficient (Wildman–Crippen LogP) is 7.73. The van der Waals surface area contributed by atoms with Gasteiger partial charge < -0.3 is 14.2 Å². The molecule has 1 saturated heterocycles. The molecule has 2 aromatic carbocycles. The van der Waals surface area contributed by atoms with Crippen LogP contribution in [0, 0.1) is 0 Å². The van der Waals surface area contributed by atoms with Crippen molar-refractivity contribution in [2.45, 2.75) is 51.4 Å². The summed E-state index contributed by atoms with van der Waals surface area (Å²) in [6, 6.07) is 13.7. The molecule has 2 heterocycles. The Morgan fingerprint density at radius 3 is 2.47 bits per heavy atom. The van der Waals surface area contributed by atoms with Crippen molar-refractivity contribution in [2.24, 2.45) is 0 Å². The molecular formula is C29H34ClNO4S. The van der Waals surface area contributed by atoms with Gasteiger partial charge >= 0.3 is 5.97 Å². The first-order chi connectivity index (χ1) is 17.2. The van der Waals surface area contributed by atoms with E-state index >= 15 is 0 Å². The number of carbonyl (C=O) groups is 1. The van der Waals surface area contributed by atoms with Crippen molar-refractivity contribution >= 4 is 39.8 Å². The molecule has 0 saturated carbocycles. The van der Waals surface area contributed by atoms with E-state index in [0.717, 1.165) is 53.1 Å². The summed E-state index contributed by atoms with van der Waals surface area (Å²) in [7, 11) is 0. The van der Waals surface area contributed by atoms with E-state index < -0.39 is 0 Å². The van der Waals surface area contributed by atoms with Crippen LogP contribution < -0.4 is 14.2 Å². The molecule has 0 N–H and O–H groups in total. The van der Waals surface area contributed by atoms with Gasteiger partial charge in [-0.15, -0.1) is 23.7 Å². The van der Waals surface area contributed by atoms with E-state index in [4.69, 9.17) is 14.2 Å². The Labute approximate surface area is 223 Å². The number of likely N-dealkylation sites (tertiary alicyclic amines) is 1. The van der Waals surface area contributed by atoms with Crippen LogP contribution >= 0.6 is 23.7 Å². The highest BCUT2D eigenvalue weighted by molar-refractivity contribution is 7.19. The highest BCUT2D eigenvalue weighted by Crippen LogP contribution is 2.48. The third-order valence-corrected chi connectivity index (χ3v) is 8.01. The van der Waals surface area contributed by atoms with E-state index in [-0.39, 0.29) is 18.4 Å². The summed E-state index contributed by atoms with van der Waals surface area (Å²) in [6.07, 6.45) is 11.7. The van der Waals surface area contributed by atoms with Gasteiger partial charge in [0.25, 0.3) is 0 Å². The second-order valence-corrected chi connectivity index (χ2v) is 10.4. The van der Waals surface area contributed by atoms with Gasteiger partial charge in [-0.3, -0.25) is 9.69 Å². The van der Waals surface area contributed by atoms with Crippen molar-refractivity contribution in [1.82, 2.24) is 4.90 Å². The Balaban J connectivity index is 0.00000304. The molecule has 0 radical (unpaired) electrons. The van der Waals surface area contributed by atoms with E-state index in [1.807, 2.05) is 42.5 Å². The molecule has 0 spiro atoms. The van der Waals surface area contributed by atoms with Gasteiger partial charge in [0.15, 0.2) is 0 Å². The van der Waals surface area contributed by atoms with Gasteiger partial charge in [-0.2, -0.15) is 0 Å². The lowest BCUT2D eigenvalue weighted by atomic mass is 9.92. The van der Waals surface area contributed by atoms with E-state index in [1.54, 1.807) is 11.3 Å². The number of fused-ring (bicyclic) bond motifs is 1. The van der Waals surface area contributed by atoms with E-state index in [0.29, 0.717) is 18.3 Å². The topological polar surface area (TPSA) is 48.0 Å². The zero-order valence-electron chi connectivity index (χ0n) is 20.7. The minimum atomic E-state index is -0.312. The van der Waals surface area contributed by atoms with Gasteiger partial charge in [0.05, 0.1) is 4.88 Å². The number of hydrogen-bond acceptors (Lipinski definition) is 6. The monoisotopic (exact) mass is 527 g/mol. The van der Waals surface area contributed by atoms with Crippen LogP contribution in [0.5, 0.6) is 23.0 Å². The molecule has 7 heteroatoms. The molecule has 5 nitrogen and oxygen atoms in total. The molecule has 2 aliphatic rings. The van der Waals surface area contributed by atoms with Crippen molar-refractivity contribution in [2.75, 3.05) is 26.2 Å². The summed E-state index contributed by atoms with van der Waals surface area (Å²) < 4.78 is 18.9. The van der Waals surface area contributed by atoms with Crippen LogP contribution in [0.4, 0.5) is 0 Å². The maximum absolute atomic E-state index is 11.4. The summed E-state index contributed by atoms with van der Waals surface area (Å²) in [5.74, 6) is 3.27. The Morgan fingerprint density at radius 2 is 1.75 bits per heavy atom. The quantitative estimate of drug-likeness (QED) is 0.170. The minimum absolute atomic E-state index is 0. The number of thiophene rings is 1. The fraction of sp³-hybridized carbons (Fsp3) is 0.414. The fourth-order valence-corrected chi connectivity index (χ4v) is 6.21. The Kier molecular flexibility index (Phi) is 9.30. The number of allylic oxidation sites excluding steroid dienone is 2. The second kappa shape index (κ2) is 12.6.